The van der Waals surface area contributed by atoms with Gasteiger partial charge in [-0.05, 0) is 108 Å². The van der Waals surface area contributed by atoms with Crippen LogP contribution in [0.25, 0.3) is 108 Å². The van der Waals surface area contributed by atoms with Crippen LogP contribution in [0, 0.1) is 0 Å². The first kappa shape index (κ1) is 30.8. The molecule has 0 unspecified atom stereocenters. The van der Waals surface area contributed by atoms with Gasteiger partial charge < -0.3 is 4.42 Å². The van der Waals surface area contributed by atoms with Crippen molar-refractivity contribution in [2.45, 2.75) is 0 Å². The average Bonchev–Trinajstić information content (AvgIpc) is 3.77. The van der Waals surface area contributed by atoms with Crippen molar-refractivity contribution >= 4 is 85.8 Å². The zero-order chi connectivity index (χ0) is 35.6. The lowest BCUT2D eigenvalue weighted by Crippen LogP contribution is -1.87. The number of rotatable bonds is 3. The highest BCUT2D eigenvalue weighted by Crippen LogP contribution is 2.42. The molecule has 0 aliphatic carbocycles. The molecule has 0 aliphatic rings. The van der Waals surface area contributed by atoms with Crippen molar-refractivity contribution in [1.29, 1.82) is 0 Å². The second-order valence-corrected chi connectivity index (χ2v) is 15.1. The first-order chi connectivity index (χ1) is 26.8. The highest BCUT2D eigenvalue weighted by molar-refractivity contribution is 7.25. The molecule has 2 heteroatoms. The van der Waals surface area contributed by atoms with Crippen molar-refractivity contribution in [3.63, 3.8) is 0 Å². The number of benzene rings is 8. The van der Waals surface area contributed by atoms with Crippen LogP contribution in [0.2, 0.25) is 0 Å². The molecule has 0 N–H and O–H groups in total. The van der Waals surface area contributed by atoms with Gasteiger partial charge in [-0.15, -0.1) is 11.3 Å². The molecule has 11 aromatic rings. The van der Waals surface area contributed by atoms with Crippen molar-refractivity contribution in [2.75, 3.05) is 0 Å². The van der Waals surface area contributed by atoms with Gasteiger partial charge >= 0.3 is 0 Å². The fourth-order valence-corrected chi connectivity index (χ4v) is 9.50. The summed E-state index contributed by atoms with van der Waals surface area (Å²) in [5, 5.41) is 12.2. The summed E-state index contributed by atoms with van der Waals surface area (Å²) in [6, 6.07) is 70.5. The van der Waals surface area contributed by atoms with Gasteiger partial charge in [0.15, 0.2) is 0 Å². The Kier molecular flexibility index (Phi) is 7.11. The molecule has 1 nitrogen and oxygen atoms in total. The van der Waals surface area contributed by atoms with Crippen LogP contribution >= 0.6 is 11.3 Å². The molecule has 0 bridgehead atoms. The molecule has 0 saturated carbocycles. The number of hydrogen-bond donors (Lipinski definition) is 0. The minimum absolute atomic E-state index is 0.906. The number of thiophene rings is 1. The van der Waals surface area contributed by atoms with Gasteiger partial charge in [-0.2, -0.15) is 0 Å². The Morgan fingerprint density at radius 1 is 0.278 bits per heavy atom. The standard InChI is InChI=1S/C52H32OS/c1-2-7-17-43(41-20-10-8-18-39(41)37(16-6-1)33-14-4-3-5-15-33)44-26-25-38(40-19-9-11-21-42(40)44)34-24-27-49-46(28-34)47-29-36-32-52-48(30-35(36)31-50(47)53-49)45-22-12-13-23-51(45)54-52/h1-32H. The van der Waals surface area contributed by atoms with Crippen LogP contribution in [0.15, 0.2) is 199 Å². The summed E-state index contributed by atoms with van der Waals surface area (Å²) in [6.45, 7) is 0. The molecule has 0 spiro atoms. The molecule has 0 fully saturated rings. The Bertz CT molecular complexity index is 3330. The molecule has 11 rings (SSSR count). The third-order valence-corrected chi connectivity index (χ3v) is 12.0. The van der Waals surface area contributed by atoms with E-state index < -0.39 is 0 Å². The Labute approximate surface area is 316 Å². The summed E-state index contributed by atoms with van der Waals surface area (Å²) in [4.78, 5) is 0. The van der Waals surface area contributed by atoms with Crippen molar-refractivity contribution in [2.24, 2.45) is 0 Å². The maximum atomic E-state index is 6.51. The SMILES string of the molecule is c1ccc(-c2ccccccc(-c3ccc(-c4ccc5oc6cc7cc8c(cc7cc6c5c4)sc4ccccc48)c4ccccc34)c3ccccc23)cc1. The largest absolute Gasteiger partial charge is 0.456 e. The van der Waals surface area contributed by atoms with Crippen molar-refractivity contribution in [3.05, 3.63) is 194 Å². The van der Waals surface area contributed by atoms with Gasteiger partial charge in [0.25, 0.3) is 0 Å². The van der Waals surface area contributed by atoms with Crippen LogP contribution in [0.5, 0.6) is 0 Å². The number of fused-ring (bicyclic) bond motifs is 9. The van der Waals surface area contributed by atoms with E-state index in [0.29, 0.717) is 0 Å². The monoisotopic (exact) mass is 704 g/mol. The average molecular weight is 705 g/mol. The van der Waals surface area contributed by atoms with Gasteiger partial charge in [-0.25, -0.2) is 0 Å². The summed E-state index contributed by atoms with van der Waals surface area (Å²) < 4.78 is 9.15. The normalized spacial score (nSPS) is 11.7. The molecule has 2 heterocycles. The zero-order valence-electron chi connectivity index (χ0n) is 29.3. The van der Waals surface area contributed by atoms with E-state index in [4.69, 9.17) is 4.42 Å². The molecule has 2 aromatic heterocycles. The minimum Gasteiger partial charge on any atom is -0.456 e. The van der Waals surface area contributed by atoms with Gasteiger partial charge in [0.2, 0.25) is 0 Å². The van der Waals surface area contributed by atoms with Crippen LogP contribution in [-0.2, 0) is 0 Å². The Morgan fingerprint density at radius 2 is 0.796 bits per heavy atom. The summed E-state index contributed by atoms with van der Waals surface area (Å²) in [5.74, 6) is 0. The predicted octanol–water partition coefficient (Wildman–Crippen LogP) is 15.5. The third-order valence-electron chi connectivity index (χ3n) is 10.9. The highest BCUT2D eigenvalue weighted by atomic mass is 32.1. The summed E-state index contributed by atoms with van der Waals surface area (Å²) in [7, 11) is 0. The van der Waals surface area contributed by atoms with E-state index in [0.717, 1.165) is 21.9 Å². The van der Waals surface area contributed by atoms with Gasteiger partial charge in [0.05, 0.1) is 0 Å². The zero-order valence-corrected chi connectivity index (χ0v) is 30.1. The van der Waals surface area contributed by atoms with Crippen LogP contribution in [0.3, 0.4) is 0 Å². The fraction of sp³-hybridized carbons (Fsp3) is 0. The predicted molar refractivity (Wildman–Crippen MR) is 233 cm³/mol. The van der Waals surface area contributed by atoms with E-state index >= 15 is 0 Å². The summed E-state index contributed by atoms with van der Waals surface area (Å²) >= 11 is 1.86. The van der Waals surface area contributed by atoms with E-state index in [-0.39, 0.29) is 0 Å². The molecule has 0 radical (unpaired) electrons. The molecular weight excluding hydrogens is 673 g/mol. The van der Waals surface area contributed by atoms with E-state index in [9.17, 15) is 0 Å². The smallest absolute Gasteiger partial charge is 0.136 e. The molecule has 9 aromatic carbocycles. The third kappa shape index (κ3) is 4.99. The van der Waals surface area contributed by atoms with Gasteiger partial charge in [0, 0.05) is 30.9 Å². The topological polar surface area (TPSA) is 13.1 Å². The number of hydrogen-bond acceptors (Lipinski definition) is 2. The maximum absolute atomic E-state index is 6.51. The molecule has 0 atom stereocenters. The lowest BCUT2D eigenvalue weighted by atomic mass is 9.89. The second-order valence-electron chi connectivity index (χ2n) is 14.0. The van der Waals surface area contributed by atoms with E-state index in [1.165, 1.54) is 85.9 Å². The van der Waals surface area contributed by atoms with Crippen molar-refractivity contribution in [1.82, 2.24) is 0 Å². The number of furan rings is 1. The lowest BCUT2D eigenvalue weighted by Gasteiger charge is -2.14. The highest BCUT2D eigenvalue weighted by Gasteiger charge is 2.16. The van der Waals surface area contributed by atoms with E-state index in [1.807, 2.05) is 11.3 Å². The van der Waals surface area contributed by atoms with Crippen LogP contribution in [0.4, 0.5) is 0 Å². The van der Waals surface area contributed by atoms with Gasteiger partial charge in [-0.1, -0.05) is 152 Å². The quantitative estimate of drug-likeness (QED) is 0.178. The van der Waals surface area contributed by atoms with Gasteiger partial charge in [-0.3, -0.25) is 0 Å². The second kappa shape index (κ2) is 12.4. The molecular formula is C52H32OS. The Balaban J connectivity index is 1.10. The van der Waals surface area contributed by atoms with E-state index in [2.05, 4.69) is 194 Å². The summed E-state index contributed by atoms with van der Waals surface area (Å²) in [5.41, 5.74) is 9.00. The molecule has 252 valence electrons. The van der Waals surface area contributed by atoms with Crippen LogP contribution in [0.1, 0.15) is 0 Å². The first-order valence-corrected chi connectivity index (χ1v) is 19.2. The molecule has 0 aliphatic heterocycles. The summed E-state index contributed by atoms with van der Waals surface area (Å²) in [6.07, 6.45) is 0. The minimum atomic E-state index is 0.906. The van der Waals surface area contributed by atoms with Crippen molar-refractivity contribution in [3.8, 4) is 33.4 Å². The first-order valence-electron chi connectivity index (χ1n) is 18.4. The fourth-order valence-electron chi connectivity index (χ4n) is 8.36. The Hall–Kier alpha value is -6.74. The maximum Gasteiger partial charge on any atom is 0.136 e. The lowest BCUT2D eigenvalue weighted by molar-refractivity contribution is 0.669. The molecule has 54 heavy (non-hydrogen) atoms. The van der Waals surface area contributed by atoms with E-state index in [1.54, 1.807) is 0 Å². The Morgan fingerprint density at radius 3 is 1.56 bits per heavy atom. The molecule has 0 saturated heterocycles. The molecule has 0 amide bonds. The van der Waals surface area contributed by atoms with Gasteiger partial charge in [0.1, 0.15) is 11.2 Å². The van der Waals surface area contributed by atoms with Crippen molar-refractivity contribution < 1.29 is 4.42 Å². The van der Waals surface area contributed by atoms with Crippen LogP contribution in [-0.4, -0.2) is 0 Å². The van der Waals surface area contributed by atoms with Crippen LogP contribution < -0.4 is 0 Å².